The van der Waals surface area contributed by atoms with E-state index in [1.165, 1.54) is 17.0 Å². The summed E-state index contributed by atoms with van der Waals surface area (Å²) in [5, 5.41) is 6.77. The van der Waals surface area contributed by atoms with Crippen molar-refractivity contribution < 1.29 is 18.7 Å². The molecule has 0 saturated carbocycles. The van der Waals surface area contributed by atoms with E-state index in [-0.39, 0.29) is 11.7 Å². The van der Waals surface area contributed by atoms with Gasteiger partial charge in [0.25, 0.3) is 0 Å². The van der Waals surface area contributed by atoms with Gasteiger partial charge in [0.05, 0.1) is 13.4 Å². The molecule has 3 aromatic heterocycles. The van der Waals surface area contributed by atoms with Crippen molar-refractivity contribution >= 4 is 11.8 Å². The van der Waals surface area contributed by atoms with Gasteiger partial charge in [-0.2, -0.15) is 10.1 Å². The number of nitrogens with zero attached hydrogens (tertiary/aromatic N) is 4. The van der Waals surface area contributed by atoms with Crippen LogP contribution in [0.25, 0.3) is 17.4 Å². The summed E-state index contributed by atoms with van der Waals surface area (Å²) in [5.74, 6) is 1.87. The molecule has 1 aromatic carbocycles. The molecule has 0 aliphatic heterocycles. The molecule has 0 aliphatic rings. The normalized spacial score (nSPS) is 10.5. The monoisotopic (exact) mass is 377 g/mol. The standard InChI is InChI=1S/C19H15N5O4/c1-26-14-7-5-13(6-8-14)21-19(25)28-17-12-16(24-10-3-9-20-24)22-18(23-17)15-4-2-11-27-15/h2-12H,1H3,(H,21,25). The number of benzene rings is 1. The molecule has 9 nitrogen and oxygen atoms in total. The van der Waals surface area contributed by atoms with Crippen molar-refractivity contribution in [2.75, 3.05) is 12.4 Å². The van der Waals surface area contributed by atoms with Gasteiger partial charge in [-0.1, -0.05) is 0 Å². The van der Waals surface area contributed by atoms with Crippen LogP contribution in [-0.2, 0) is 0 Å². The van der Waals surface area contributed by atoms with Gasteiger partial charge in [0.1, 0.15) is 5.75 Å². The van der Waals surface area contributed by atoms with Crippen LogP contribution in [-0.4, -0.2) is 33.0 Å². The molecule has 9 heteroatoms. The molecule has 0 atom stereocenters. The highest BCUT2D eigenvalue weighted by molar-refractivity contribution is 5.86. The molecule has 4 aromatic rings. The van der Waals surface area contributed by atoms with Crippen LogP contribution in [0.15, 0.2) is 71.6 Å². The van der Waals surface area contributed by atoms with Crippen LogP contribution < -0.4 is 14.8 Å². The lowest BCUT2D eigenvalue weighted by molar-refractivity contribution is 0.213. The lowest BCUT2D eigenvalue weighted by Crippen LogP contribution is -2.18. The van der Waals surface area contributed by atoms with E-state index in [4.69, 9.17) is 13.9 Å². The number of aromatic nitrogens is 4. The van der Waals surface area contributed by atoms with Gasteiger partial charge in [0, 0.05) is 24.1 Å². The third kappa shape index (κ3) is 3.83. The lowest BCUT2D eigenvalue weighted by atomic mass is 10.3. The van der Waals surface area contributed by atoms with Crippen LogP contribution in [0.5, 0.6) is 11.6 Å². The number of furan rings is 1. The molecule has 0 fully saturated rings. The first-order valence-corrected chi connectivity index (χ1v) is 8.27. The number of methoxy groups -OCH3 is 1. The predicted molar refractivity (Wildman–Crippen MR) is 99.5 cm³/mol. The molecule has 1 N–H and O–H groups in total. The van der Waals surface area contributed by atoms with Gasteiger partial charge in [0.15, 0.2) is 11.6 Å². The summed E-state index contributed by atoms with van der Waals surface area (Å²) in [6.45, 7) is 0. The van der Waals surface area contributed by atoms with Gasteiger partial charge in [-0.3, -0.25) is 5.32 Å². The Morgan fingerprint density at radius 3 is 2.68 bits per heavy atom. The maximum absolute atomic E-state index is 12.3. The quantitative estimate of drug-likeness (QED) is 0.567. The average Bonchev–Trinajstić information content (AvgIpc) is 3.42. The fraction of sp³-hybridized carbons (Fsp3) is 0.0526. The van der Waals surface area contributed by atoms with Crippen molar-refractivity contribution in [1.82, 2.24) is 19.7 Å². The number of carbonyl (C=O) groups excluding carboxylic acids is 1. The maximum atomic E-state index is 12.3. The van der Waals surface area contributed by atoms with Gasteiger partial charge < -0.3 is 13.9 Å². The SMILES string of the molecule is COc1ccc(NC(=O)Oc2cc(-n3cccn3)nc(-c3ccco3)n2)cc1. The molecule has 0 bridgehead atoms. The van der Waals surface area contributed by atoms with Crippen molar-refractivity contribution in [3.63, 3.8) is 0 Å². The molecule has 1 amide bonds. The summed E-state index contributed by atoms with van der Waals surface area (Å²) in [5.41, 5.74) is 0.554. The van der Waals surface area contributed by atoms with Crippen molar-refractivity contribution in [1.29, 1.82) is 0 Å². The zero-order valence-electron chi connectivity index (χ0n) is 14.8. The van der Waals surface area contributed by atoms with Crippen molar-refractivity contribution in [3.05, 3.63) is 67.2 Å². The smallest absolute Gasteiger partial charge is 0.418 e. The summed E-state index contributed by atoms with van der Waals surface area (Å²) >= 11 is 0. The maximum Gasteiger partial charge on any atom is 0.418 e. The summed E-state index contributed by atoms with van der Waals surface area (Å²) in [7, 11) is 1.57. The largest absolute Gasteiger partial charge is 0.497 e. The molecule has 0 unspecified atom stereocenters. The van der Waals surface area contributed by atoms with Crippen LogP contribution in [0.4, 0.5) is 10.5 Å². The molecule has 4 rings (SSSR count). The molecule has 140 valence electrons. The highest BCUT2D eigenvalue weighted by atomic mass is 16.6. The number of carbonyl (C=O) groups is 1. The molecule has 0 saturated heterocycles. The zero-order chi connectivity index (χ0) is 19.3. The summed E-state index contributed by atoms with van der Waals surface area (Å²) in [6, 6.07) is 13.5. The highest BCUT2D eigenvalue weighted by Crippen LogP contribution is 2.22. The minimum absolute atomic E-state index is 0.0536. The van der Waals surface area contributed by atoms with E-state index in [9.17, 15) is 4.79 Å². The van der Waals surface area contributed by atoms with Crippen molar-refractivity contribution in [3.8, 4) is 29.0 Å². The highest BCUT2D eigenvalue weighted by Gasteiger charge is 2.14. The summed E-state index contributed by atoms with van der Waals surface area (Å²) in [6.07, 6.45) is 4.15. The second-order valence-electron chi connectivity index (χ2n) is 5.56. The topological polar surface area (TPSA) is 104 Å². The van der Waals surface area contributed by atoms with Crippen LogP contribution >= 0.6 is 0 Å². The van der Waals surface area contributed by atoms with E-state index in [1.54, 1.807) is 62.0 Å². The zero-order valence-corrected chi connectivity index (χ0v) is 14.8. The van der Waals surface area contributed by atoms with E-state index in [1.807, 2.05) is 0 Å². The van der Waals surface area contributed by atoms with Crippen LogP contribution in [0.2, 0.25) is 0 Å². The van der Waals surface area contributed by atoms with E-state index in [0.717, 1.165) is 0 Å². The Bertz CT molecular complexity index is 1010. The van der Waals surface area contributed by atoms with Gasteiger partial charge >= 0.3 is 6.09 Å². The molecular formula is C19H15N5O4. The van der Waals surface area contributed by atoms with Crippen LogP contribution in [0.1, 0.15) is 0 Å². The fourth-order valence-electron chi connectivity index (χ4n) is 2.42. The number of anilines is 1. The minimum Gasteiger partial charge on any atom is -0.497 e. The Morgan fingerprint density at radius 1 is 1.14 bits per heavy atom. The predicted octanol–water partition coefficient (Wildman–Crippen LogP) is 3.54. The second-order valence-corrected chi connectivity index (χ2v) is 5.56. The second kappa shape index (κ2) is 7.62. The number of ether oxygens (including phenoxy) is 2. The molecule has 0 spiro atoms. The number of hydrogen-bond donors (Lipinski definition) is 1. The molecular weight excluding hydrogens is 362 g/mol. The Hall–Kier alpha value is -4.14. The van der Waals surface area contributed by atoms with Crippen molar-refractivity contribution in [2.45, 2.75) is 0 Å². The summed E-state index contributed by atoms with van der Waals surface area (Å²) < 4.78 is 17.3. The molecule has 0 aliphatic carbocycles. The Balaban J connectivity index is 1.58. The van der Waals surface area contributed by atoms with Crippen molar-refractivity contribution in [2.24, 2.45) is 0 Å². The first-order valence-electron chi connectivity index (χ1n) is 8.27. The first-order chi connectivity index (χ1) is 13.7. The van der Waals surface area contributed by atoms with Gasteiger partial charge in [0.2, 0.25) is 11.7 Å². The van der Waals surface area contributed by atoms with E-state index in [2.05, 4.69) is 20.4 Å². The third-order valence-electron chi connectivity index (χ3n) is 3.70. The Morgan fingerprint density at radius 2 is 2.00 bits per heavy atom. The van der Waals surface area contributed by atoms with E-state index >= 15 is 0 Å². The number of hydrogen-bond acceptors (Lipinski definition) is 7. The van der Waals surface area contributed by atoms with Crippen LogP contribution in [0.3, 0.4) is 0 Å². The first kappa shape index (κ1) is 17.3. The van der Waals surface area contributed by atoms with E-state index < -0.39 is 6.09 Å². The number of nitrogens with one attached hydrogen (secondary N) is 1. The van der Waals surface area contributed by atoms with Gasteiger partial charge in [-0.05, 0) is 42.5 Å². The fourth-order valence-corrected chi connectivity index (χ4v) is 2.42. The Kier molecular flexibility index (Phi) is 4.70. The van der Waals surface area contributed by atoms with Crippen LogP contribution in [0, 0.1) is 0 Å². The Labute approximate surface area is 159 Å². The number of amides is 1. The average molecular weight is 377 g/mol. The van der Waals surface area contributed by atoms with Gasteiger partial charge in [-0.15, -0.1) is 0 Å². The molecule has 3 heterocycles. The minimum atomic E-state index is -0.694. The third-order valence-corrected chi connectivity index (χ3v) is 3.70. The molecule has 28 heavy (non-hydrogen) atoms. The van der Waals surface area contributed by atoms with Gasteiger partial charge in [-0.25, -0.2) is 14.5 Å². The van der Waals surface area contributed by atoms with E-state index in [0.29, 0.717) is 23.0 Å². The lowest BCUT2D eigenvalue weighted by Gasteiger charge is -2.09. The molecule has 0 radical (unpaired) electrons. The number of rotatable bonds is 5. The summed E-state index contributed by atoms with van der Waals surface area (Å²) in [4.78, 5) is 20.9.